The first-order chi connectivity index (χ1) is 47.3. The number of hydrogen-bond acceptors (Lipinski definition) is 25. The summed E-state index contributed by atoms with van der Waals surface area (Å²) in [5, 5.41) is 0.257. The highest BCUT2D eigenvalue weighted by atomic mass is 32.2. The van der Waals surface area contributed by atoms with E-state index in [-0.39, 0.29) is 158 Å². The molecule has 3 heterocycles. The number of ether oxygens (including phenoxy) is 10. The number of allylic oxidation sites excluding steroid dienone is 6. The summed E-state index contributed by atoms with van der Waals surface area (Å²) in [6.45, 7) is 6.73. The highest BCUT2D eigenvalue weighted by Crippen LogP contribution is 2.54. The number of methoxy groups -OCH3 is 2. The van der Waals surface area contributed by atoms with Gasteiger partial charge in [0.05, 0.1) is 107 Å². The number of anilines is 1. The maximum Gasteiger partial charge on any atom is 0.358 e. The number of imide groups is 1. The SMILES string of the molecule is COCCOCCOCCOCCC1(C)\C(=C/C=C/C=C/C2=[N+](CCOC)c3ccc4c(S(=O)(=O)O)cc(S(=O)(=O)O)cc4c3C2(C)CCCS(=O)(=O)O)N(CCOCCOCCOCCOCCCOCC(=O)ON2C(=O)CCC2=O)c2ccc3c(S(=O)(=O)O)cc(S(=O)(=O)O)cc3c21. The van der Waals surface area contributed by atoms with Gasteiger partial charge in [-0.15, -0.1) is 5.06 Å². The van der Waals surface area contributed by atoms with Gasteiger partial charge in [-0.25, -0.2) is 4.79 Å². The molecule has 7 rings (SSSR count). The Bertz CT molecular complexity index is 4300. The molecule has 554 valence electrons. The standard InChI is InChI=1S/C63H83N3O29S5/c1-62(18-8-39-96(70,71)72)55(64(20-25-85-3)51-14-12-47-49(60(51)62)40-45(97(73,74)75)42-53(47)99(79,80)81)10-6-5-7-11-56-63(2,19-24-88-30-33-92-36-35-90-28-27-86-4)61-50-41-46(98(76,77)78)43-54(100(82,83)84)48(50)13-15-52(61)65(56)21-26-89-31-34-93-38-37-91-32-29-87-22-9-23-94-44-59(69)95-66-57(67)16-17-58(66)68/h5-7,10-15,40-43H,8-9,16-39,44H2,1-4H3,(H4-,70,71,72,73,74,75,76,77,78,79,80,81,82,83,84)/p+1. The Morgan fingerprint density at radius 3 is 1.53 bits per heavy atom. The lowest BCUT2D eigenvalue weighted by atomic mass is 9.74. The summed E-state index contributed by atoms with van der Waals surface area (Å²) in [5.41, 5.74) is -0.0679. The number of carbonyl (C=O) groups is 3. The molecule has 0 saturated carbocycles. The summed E-state index contributed by atoms with van der Waals surface area (Å²) in [4.78, 5) is 38.5. The van der Waals surface area contributed by atoms with Crippen LogP contribution in [0.25, 0.3) is 21.5 Å². The van der Waals surface area contributed by atoms with E-state index < -0.39 is 111 Å². The zero-order valence-electron chi connectivity index (χ0n) is 55.5. The van der Waals surface area contributed by atoms with Crippen molar-refractivity contribution in [3.05, 3.63) is 95.7 Å². The zero-order chi connectivity index (χ0) is 73.1. The average molecular weight is 1510 g/mol. The largest absolute Gasteiger partial charge is 0.382 e. The average Bonchev–Trinajstić information content (AvgIpc) is 1.53. The number of hydroxylamine groups is 2. The van der Waals surface area contributed by atoms with Crippen LogP contribution in [0.2, 0.25) is 0 Å². The van der Waals surface area contributed by atoms with Crippen molar-refractivity contribution in [1.82, 2.24) is 5.06 Å². The Balaban J connectivity index is 1.15. The minimum Gasteiger partial charge on any atom is -0.382 e. The summed E-state index contributed by atoms with van der Waals surface area (Å²) in [6, 6.07) is 9.35. The molecule has 1 saturated heterocycles. The highest BCUT2D eigenvalue weighted by molar-refractivity contribution is 7.87. The van der Waals surface area contributed by atoms with Gasteiger partial charge in [-0.1, -0.05) is 24.3 Å². The van der Waals surface area contributed by atoms with Gasteiger partial charge in [0.25, 0.3) is 62.4 Å². The topological polar surface area (TPSA) is 434 Å². The number of hydrogen-bond donors (Lipinski definition) is 5. The maximum atomic E-state index is 13.1. The van der Waals surface area contributed by atoms with Gasteiger partial charge in [0.15, 0.2) is 12.3 Å². The smallest absolute Gasteiger partial charge is 0.358 e. The van der Waals surface area contributed by atoms with Crippen molar-refractivity contribution < 1.29 is 136 Å². The molecule has 100 heavy (non-hydrogen) atoms. The summed E-state index contributed by atoms with van der Waals surface area (Å²) in [7, 11) is -22.1. The molecule has 37 heteroatoms. The molecule has 0 aromatic heterocycles. The summed E-state index contributed by atoms with van der Waals surface area (Å²) >= 11 is 0. The van der Waals surface area contributed by atoms with Crippen LogP contribution in [0.3, 0.4) is 0 Å². The zero-order valence-corrected chi connectivity index (χ0v) is 59.6. The first-order valence-corrected chi connectivity index (χ1v) is 38.8. The fraction of sp³-hybridized carbons (Fsp3) is 0.524. The van der Waals surface area contributed by atoms with E-state index in [0.29, 0.717) is 78.4 Å². The van der Waals surface area contributed by atoms with Crippen molar-refractivity contribution in [2.45, 2.75) is 82.8 Å². The summed E-state index contributed by atoms with van der Waals surface area (Å²) in [6.07, 6.45) is 8.65. The van der Waals surface area contributed by atoms with E-state index in [9.17, 15) is 79.2 Å². The third-order valence-electron chi connectivity index (χ3n) is 16.5. The molecular weight excluding hydrogens is 1420 g/mol. The number of fused-ring (bicyclic) bond motifs is 6. The van der Waals surface area contributed by atoms with Gasteiger partial charge < -0.3 is 57.1 Å². The summed E-state index contributed by atoms with van der Waals surface area (Å²) < 4.78 is 237. The molecular formula is C63H84N3O29S5+. The molecule has 4 aromatic rings. The quantitative estimate of drug-likeness (QED) is 0.0133. The van der Waals surface area contributed by atoms with Crippen molar-refractivity contribution in [3.63, 3.8) is 0 Å². The van der Waals surface area contributed by atoms with Gasteiger partial charge in [0.1, 0.15) is 23.0 Å². The van der Waals surface area contributed by atoms with Gasteiger partial charge in [-0.05, 0) is 98.3 Å². The number of rotatable bonds is 45. The third kappa shape index (κ3) is 21.7. The van der Waals surface area contributed by atoms with E-state index in [0.717, 1.165) is 12.1 Å². The van der Waals surface area contributed by atoms with Crippen LogP contribution in [0.15, 0.2) is 104 Å². The van der Waals surface area contributed by atoms with Crippen LogP contribution in [0.1, 0.15) is 63.5 Å². The normalized spacial score (nSPS) is 18.2. The number of amides is 2. The molecule has 3 aliphatic heterocycles. The molecule has 0 aliphatic carbocycles. The van der Waals surface area contributed by atoms with Crippen molar-refractivity contribution >= 4 is 107 Å². The predicted molar refractivity (Wildman–Crippen MR) is 358 cm³/mol. The molecule has 2 amide bonds. The van der Waals surface area contributed by atoms with Crippen LogP contribution >= 0.6 is 0 Å². The second-order valence-electron chi connectivity index (χ2n) is 23.4. The molecule has 2 unspecified atom stereocenters. The third-order valence-corrected chi connectivity index (χ3v) is 20.7. The van der Waals surface area contributed by atoms with Gasteiger partial charge >= 0.3 is 5.97 Å². The lowest BCUT2D eigenvalue weighted by molar-refractivity contribution is -0.441. The van der Waals surface area contributed by atoms with Gasteiger partial charge in [-0.2, -0.15) is 46.7 Å². The second kappa shape index (κ2) is 36.3. The lowest BCUT2D eigenvalue weighted by Gasteiger charge is -2.31. The molecule has 4 aromatic carbocycles. The first-order valence-electron chi connectivity index (χ1n) is 31.5. The lowest BCUT2D eigenvalue weighted by Crippen LogP contribution is -2.33. The Morgan fingerprint density at radius 1 is 0.520 bits per heavy atom. The molecule has 2 atom stereocenters. The van der Waals surface area contributed by atoms with E-state index in [4.69, 9.17) is 52.2 Å². The van der Waals surface area contributed by atoms with Crippen molar-refractivity contribution in [1.29, 1.82) is 0 Å². The monoisotopic (exact) mass is 1510 g/mol. The van der Waals surface area contributed by atoms with Crippen LogP contribution in [0.5, 0.6) is 0 Å². The minimum atomic E-state index is -5.15. The van der Waals surface area contributed by atoms with Crippen molar-refractivity contribution in [3.8, 4) is 0 Å². The fourth-order valence-electron chi connectivity index (χ4n) is 11.9. The Morgan fingerprint density at radius 2 is 1.01 bits per heavy atom. The molecule has 0 spiro atoms. The molecule has 0 radical (unpaired) electrons. The Kier molecular flexibility index (Phi) is 29.5. The first kappa shape index (κ1) is 81.2. The van der Waals surface area contributed by atoms with Crippen molar-refractivity contribution in [2.24, 2.45) is 0 Å². The van der Waals surface area contributed by atoms with Gasteiger partial charge in [0.2, 0.25) is 5.69 Å². The number of carbonyl (C=O) groups excluding carboxylic acids is 3. The summed E-state index contributed by atoms with van der Waals surface area (Å²) in [5.74, 6) is -2.77. The molecule has 1 fully saturated rings. The van der Waals surface area contributed by atoms with E-state index in [1.807, 2.05) is 11.8 Å². The Labute approximate surface area is 580 Å². The maximum absolute atomic E-state index is 13.1. The van der Waals surface area contributed by atoms with Gasteiger partial charge in [-0.3, -0.25) is 32.4 Å². The number of nitrogens with zero attached hydrogens (tertiary/aromatic N) is 3. The van der Waals surface area contributed by atoms with E-state index in [2.05, 4.69) is 0 Å². The van der Waals surface area contributed by atoms with Crippen LogP contribution in [0.4, 0.5) is 11.4 Å². The molecule has 5 N–H and O–H groups in total. The highest BCUT2D eigenvalue weighted by Gasteiger charge is 2.50. The van der Waals surface area contributed by atoms with Crippen LogP contribution in [-0.2, 0) is 128 Å². The fourth-order valence-corrected chi connectivity index (χ4v) is 15.1. The number of benzene rings is 4. The molecule has 0 bridgehead atoms. The Hall–Kier alpha value is -6.15. The van der Waals surface area contributed by atoms with Crippen molar-refractivity contribution in [2.75, 3.05) is 157 Å². The second-order valence-corrected chi connectivity index (χ2v) is 30.6. The van der Waals surface area contributed by atoms with Gasteiger partial charge in [0, 0.05) is 98.7 Å². The minimum absolute atomic E-state index is 0.0240. The van der Waals surface area contributed by atoms with Crippen LogP contribution < -0.4 is 4.90 Å². The van der Waals surface area contributed by atoms with E-state index in [1.165, 1.54) is 19.2 Å². The van der Waals surface area contributed by atoms with E-state index >= 15 is 0 Å². The van der Waals surface area contributed by atoms with Crippen LogP contribution in [0, 0.1) is 0 Å². The van der Waals surface area contributed by atoms with Crippen LogP contribution in [-0.4, -0.2) is 250 Å². The van der Waals surface area contributed by atoms with E-state index in [1.54, 1.807) is 61.1 Å². The predicted octanol–water partition coefficient (Wildman–Crippen LogP) is 4.59. The molecule has 32 nitrogen and oxygen atoms in total. The molecule has 3 aliphatic rings.